The third-order valence-corrected chi connectivity index (χ3v) is 6.39. The molecule has 0 radical (unpaired) electrons. The minimum atomic E-state index is -0.0500. The van der Waals surface area contributed by atoms with Crippen molar-refractivity contribution in [2.24, 2.45) is 0 Å². The zero-order valence-corrected chi connectivity index (χ0v) is 18.9. The molecule has 0 saturated carbocycles. The van der Waals surface area contributed by atoms with Crippen LogP contribution in [0, 0.1) is 0 Å². The number of hydrogen-bond acceptors (Lipinski definition) is 5. The summed E-state index contributed by atoms with van der Waals surface area (Å²) in [5, 5.41) is 1.79. The van der Waals surface area contributed by atoms with Crippen LogP contribution in [0.3, 0.4) is 0 Å². The molecule has 0 aliphatic rings. The number of carbonyl (C=O) groups excluding carboxylic acids is 1. The molecule has 0 unspecified atom stereocenters. The van der Waals surface area contributed by atoms with E-state index in [-0.39, 0.29) is 12.3 Å². The van der Waals surface area contributed by atoms with Crippen LogP contribution in [0.2, 0.25) is 10.0 Å². The Kier molecular flexibility index (Phi) is 7.35. The van der Waals surface area contributed by atoms with Crippen molar-refractivity contribution in [2.75, 3.05) is 39.2 Å². The van der Waals surface area contributed by atoms with Crippen LogP contribution < -0.4 is 9.64 Å². The molecule has 8 heteroatoms. The molecule has 0 bridgehead atoms. The van der Waals surface area contributed by atoms with Crippen LogP contribution in [0.5, 0.6) is 5.75 Å². The minimum Gasteiger partial charge on any atom is -0.494 e. The van der Waals surface area contributed by atoms with Crippen LogP contribution in [0.4, 0.5) is 5.13 Å². The van der Waals surface area contributed by atoms with E-state index in [1.54, 1.807) is 30.2 Å². The molecule has 0 N–H and O–H groups in total. The average molecular weight is 452 g/mol. The van der Waals surface area contributed by atoms with Gasteiger partial charge in [-0.05, 0) is 50.8 Å². The highest BCUT2D eigenvalue weighted by Crippen LogP contribution is 2.39. The number of rotatable bonds is 8. The maximum atomic E-state index is 13.2. The fraction of sp³-hybridized carbons (Fsp3) is 0.333. The molecule has 0 atom stereocenters. The number of ether oxygens (including phenoxy) is 1. The Hall–Kier alpha value is -1.86. The number of carbonyl (C=O) groups is 1. The summed E-state index contributed by atoms with van der Waals surface area (Å²) in [6.45, 7) is 1.42. The van der Waals surface area contributed by atoms with Crippen molar-refractivity contribution >= 4 is 55.8 Å². The Bertz CT molecular complexity index is 1010. The van der Waals surface area contributed by atoms with Gasteiger partial charge in [-0.3, -0.25) is 9.69 Å². The fourth-order valence-corrected chi connectivity index (χ4v) is 4.50. The summed E-state index contributed by atoms with van der Waals surface area (Å²) < 4.78 is 6.23. The Morgan fingerprint density at radius 3 is 2.55 bits per heavy atom. The Morgan fingerprint density at radius 1 is 1.10 bits per heavy atom. The Morgan fingerprint density at radius 2 is 1.86 bits per heavy atom. The summed E-state index contributed by atoms with van der Waals surface area (Å²) in [4.78, 5) is 21.7. The number of fused-ring (bicyclic) bond motifs is 1. The Labute approximate surface area is 184 Å². The van der Waals surface area contributed by atoms with E-state index in [0.717, 1.165) is 23.2 Å². The first-order valence-corrected chi connectivity index (χ1v) is 10.8. The molecule has 5 nitrogen and oxygen atoms in total. The van der Waals surface area contributed by atoms with Gasteiger partial charge in [-0.2, -0.15) is 0 Å². The molecule has 3 aromatic rings. The second kappa shape index (κ2) is 9.76. The van der Waals surface area contributed by atoms with E-state index in [9.17, 15) is 4.79 Å². The summed E-state index contributed by atoms with van der Waals surface area (Å²) in [6, 6.07) is 11.0. The van der Waals surface area contributed by atoms with E-state index >= 15 is 0 Å². The van der Waals surface area contributed by atoms with Crippen molar-refractivity contribution < 1.29 is 9.53 Å². The molecule has 0 aliphatic carbocycles. The van der Waals surface area contributed by atoms with Crippen molar-refractivity contribution in [1.82, 2.24) is 9.88 Å². The molecular formula is C21H23Cl2N3O2S. The van der Waals surface area contributed by atoms with E-state index in [0.29, 0.717) is 33.0 Å². The maximum Gasteiger partial charge on any atom is 0.233 e. The van der Waals surface area contributed by atoms with Gasteiger partial charge >= 0.3 is 0 Å². The molecule has 1 amide bonds. The maximum absolute atomic E-state index is 13.2. The highest BCUT2D eigenvalue weighted by molar-refractivity contribution is 7.23. The lowest BCUT2D eigenvalue weighted by atomic mass is 10.1. The number of nitrogens with zero attached hydrogens (tertiary/aromatic N) is 3. The predicted molar refractivity (Wildman–Crippen MR) is 122 cm³/mol. The van der Waals surface area contributed by atoms with Crippen LogP contribution >= 0.6 is 34.5 Å². The van der Waals surface area contributed by atoms with Crippen molar-refractivity contribution in [3.8, 4) is 5.75 Å². The predicted octanol–water partition coefficient (Wildman–Crippen LogP) is 5.14. The first kappa shape index (κ1) is 21.8. The molecule has 1 aromatic heterocycles. The van der Waals surface area contributed by atoms with Crippen LogP contribution in [0.25, 0.3) is 10.2 Å². The smallest absolute Gasteiger partial charge is 0.233 e. The van der Waals surface area contributed by atoms with Gasteiger partial charge in [0.15, 0.2) is 5.13 Å². The van der Waals surface area contributed by atoms with E-state index in [1.807, 2.05) is 32.3 Å². The molecule has 154 valence electrons. The number of thiazole rings is 1. The molecule has 2 aromatic carbocycles. The number of anilines is 1. The molecule has 0 aliphatic heterocycles. The third kappa shape index (κ3) is 5.20. The second-order valence-corrected chi connectivity index (χ2v) is 8.69. The normalized spacial score (nSPS) is 11.2. The van der Waals surface area contributed by atoms with Gasteiger partial charge in [0.1, 0.15) is 11.3 Å². The standard InChI is InChI=1S/C21H23Cl2N3O2S/c1-25(2)11-6-12-26(18(27)13-14-7-4-5-8-15(14)22)21-24-19-17(28-3)10-9-16(23)20(19)29-21/h4-5,7-10H,6,11-13H2,1-3H3. The molecular weight excluding hydrogens is 429 g/mol. The zero-order valence-electron chi connectivity index (χ0n) is 16.6. The van der Waals surface area contributed by atoms with E-state index in [1.165, 1.54) is 11.3 Å². The number of methoxy groups -OCH3 is 1. The van der Waals surface area contributed by atoms with Gasteiger partial charge in [0, 0.05) is 11.6 Å². The Balaban J connectivity index is 1.94. The second-order valence-electron chi connectivity index (χ2n) is 6.89. The van der Waals surface area contributed by atoms with Crippen LogP contribution in [0.15, 0.2) is 36.4 Å². The number of hydrogen-bond donors (Lipinski definition) is 0. The summed E-state index contributed by atoms with van der Waals surface area (Å²) in [5.41, 5.74) is 1.47. The van der Waals surface area contributed by atoms with Crippen molar-refractivity contribution in [3.63, 3.8) is 0 Å². The molecule has 0 spiro atoms. The highest BCUT2D eigenvalue weighted by Gasteiger charge is 2.22. The lowest BCUT2D eigenvalue weighted by Gasteiger charge is -2.21. The van der Waals surface area contributed by atoms with Gasteiger partial charge in [0.2, 0.25) is 5.91 Å². The first-order chi connectivity index (χ1) is 13.9. The molecule has 1 heterocycles. The van der Waals surface area contributed by atoms with Gasteiger partial charge in [-0.1, -0.05) is 52.7 Å². The summed E-state index contributed by atoms with van der Waals surface area (Å²) >= 11 is 14.0. The lowest BCUT2D eigenvalue weighted by molar-refractivity contribution is -0.118. The van der Waals surface area contributed by atoms with Gasteiger partial charge in [-0.15, -0.1) is 0 Å². The number of halogens is 2. The van der Waals surface area contributed by atoms with Gasteiger partial charge < -0.3 is 9.64 Å². The summed E-state index contributed by atoms with van der Waals surface area (Å²) in [7, 11) is 5.62. The van der Waals surface area contributed by atoms with Crippen LogP contribution in [-0.2, 0) is 11.2 Å². The zero-order chi connectivity index (χ0) is 21.0. The lowest BCUT2D eigenvalue weighted by Crippen LogP contribution is -2.34. The third-order valence-electron chi connectivity index (χ3n) is 4.49. The molecule has 3 rings (SSSR count). The molecule has 29 heavy (non-hydrogen) atoms. The van der Waals surface area contributed by atoms with Crippen molar-refractivity contribution in [2.45, 2.75) is 12.8 Å². The van der Waals surface area contributed by atoms with E-state index < -0.39 is 0 Å². The van der Waals surface area contributed by atoms with Gasteiger partial charge in [0.05, 0.1) is 23.3 Å². The van der Waals surface area contributed by atoms with Crippen LogP contribution in [-0.4, -0.2) is 50.1 Å². The molecule has 0 fully saturated rings. The van der Waals surface area contributed by atoms with E-state index in [2.05, 4.69) is 4.90 Å². The first-order valence-electron chi connectivity index (χ1n) is 9.22. The monoisotopic (exact) mass is 451 g/mol. The quantitative estimate of drug-likeness (QED) is 0.475. The highest BCUT2D eigenvalue weighted by atomic mass is 35.5. The summed E-state index contributed by atoms with van der Waals surface area (Å²) in [5.74, 6) is 0.588. The largest absolute Gasteiger partial charge is 0.494 e. The minimum absolute atomic E-state index is 0.0500. The van der Waals surface area contributed by atoms with Crippen molar-refractivity contribution in [1.29, 1.82) is 0 Å². The number of benzene rings is 2. The van der Waals surface area contributed by atoms with E-state index in [4.69, 9.17) is 32.9 Å². The fourth-order valence-electron chi connectivity index (χ4n) is 2.99. The average Bonchev–Trinajstić information content (AvgIpc) is 3.13. The van der Waals surface area contributed by atoms with Gasteiger partial charge in [0.25, 0.3) is 0 Å². The van der Waals surface area contributed by atoms with Crippen LogP contribution in [0.1, 0.15) is 12.0 Å². The molecule has 0 saturated heterocycles. The number of aromatic nitrogens is 1. The SMILES string of the molecule is COc1ccc(Cl)c2sc(N(CCCN(C)C)C(=O)Cc3ccccc3Cl)nc12. The summed E-state index contributed by atoms with van der Waals surface area (Å²) in [6.07, 6.45) is 1.03. The topological polar surface area (TPSA) is 45.7 Å². The van der Waals surface area contributed by atoms with Crippen molar-refractivity contribution in [3.05, 3.63) is 52.0 Å². The number of amides is 1. The van der Waals surface area contributed by atoms with Gasteiger partial charge in [-0.25, -0.2) is 4.98 Å².